The van der Waals surface area contributed by atoms with Gasteiger partial charge in [0, 0.05) is 11.6 Å². The molecule has 0 radical (unpaired) electrons. The highest BCUT2D eigenvalue weighted by Crippen LogP contribution is 2.22. The lowest BCUT2D eigenvalue weighted by Gasteiger charge is -2.08. The lowest BCUT2D eigenvalue weighted by atomic mass is 10.1. The fourth-order valence-electron chi connectivity index (χ4n) is 1.97. The smallest absolute Gasteiger partial charge is 0.253 e. The van der Waals surface area contributed by atoms with E-state index in [0.717, 1.165) is 10.8 Å². The highest BCUT2D eigenvalue weighted by molar-refractivity contribution is 6.08. The van der Waals surface area contributed by atoms with Gasteiger partial charge in [-0.05, 0) is 5.39 Å². The maximum Gasteiger partial charge on any atom is 0.253 e. The van der Waals surface area contributed by atoms with Crippen molar-refractivity contribution in [3.8, 4) is 0 Å². The number of aromatic amines is 1. The SMILES string of the molecule is Nc1ncc(C(=O)NCc2ncn[nH]2)c2ccccc12. The molecule has 3 rings (SSSR count). The number of carbonyl (C=O) groups is 1. The number of hydrogen-bond donors (Lipinski definition) is 3. The molecule has 20 heavy (non-hydrogen) atoms. The third-order valence-corrected chi connectivity index (χ3v) is 2.95. The minimum atomic E-state index is -0.231. The molecule has 7 heteroatoms. The summed E-state index contributed by atoms with van der Waals surface area (Å²) in [5.41, 5.74) is 6.29. The van der Waals surface area contributed by atoms with E-state index in [1.165, 1.54) is 12.5 Å². The molecule has 0 unspecified atom stereocenters. The predicted octanol–water partition coefficient (Wildman–Crippen LogP) is 0.865. The Balaban J connectivity index is 1.90. The number of benzene rings is 1. The summed E-state index contributed by atoms with van der Waals surface area (Å²) in [6, 6.07) is 7.40. The van der Waals surface area contributed by atoms with Crippen molar-refractivity contribution >= 4 is 22.5 Å². The number of nitrogens with one attached hydrogen (secondary N) is 2. The number of fused-ring (bicyclic) bond motifs is 1. The van der Waals surface area contributed by atoms with Gasteiger partial charge in [-0.15, -0.1) is 0 Å². The number of hydrogen-bond acceptors (Lipinski definition) is 5. The molecule has 0 aliphatic heterocycles. The van der Waals surface area contributed by atoms with Crippen LogP contribution in [-0.2, 0) is 6.54 Å². The minimum absolute atomic E-state index is 0.231. The van der Waals surface area contributed by atoms with Crippen molar-refractivity contribution in [1.29, 1.82) is 0 Å². The number of anilines is 1. The first-order valence-corrected chi connectivity index (χ1v) is 6.01. The van der Waals surface area contributed by atoms with Gasteiger partial charge in [-0.1, -0.05) is 24.3 Å². The molecule has 0 saturated heterocycles. The Labute approximate surface area is 114 Å². The van der Waals surface area contributed by atoms with E-state index in [9.17, 15) is 4.79 Å². The van der Waals surface area contributed by atoms with Crippen LogP contribution in [-0.4, -0.2) is 26.1 Å². The molecular weight excluding hydrogens is 256 g/mol. The molecule has 100 valence electrons. The Morgan fingerprint density at radius 2 is 2.05 bits per heavy atom. The lowest BCUT2D eigenvalue weighted by Crippen LogP contribution is -2.24. The molecule has 0 atom stereocenters. The summed E-state index contributed by atoms with van der Waals surface area (Å²) >= 11 is 0. The molecule has 4 N–H and O–H groups in total. The number of carbonyl (C=O) groups excluding carboxylic acids is 1. The van der Waals surface area contributed by atoms with E-state index in [-0.39, 0.29) is 12.5 Å². The Morgan fingerprint density at radius 3 is 2.80 bits per heavy atom. The van der Waals surface area contributed by atoms with Crippen LogP contribution >= 0.6 is 0 Å². The zero-order valence-electron chi connectivity index (χ0n) is 10.5. The number of rotatable bonds is 3. The maximum atomic E-state index is 12.2. The van der Waals surface area contributed by atoms with Gasteiger partial charge in [0.1, 0.15) is 18.0 Å². The average Bonchev–Trinajstić information content (AvgIpc) is 2.99. The Bertz CT molecular complexity index is 753. The third-order valence-electron chi connectivity index (χ3n) is 2.95. The van der Waals surface area contributed by atoms with E-state index in [0.29, 0.717) is 17.2 Å². The monoisotopic (exact) mass is 268 g/mol. The second kappa shape index (κ2) is 4.96. The van der Waals surface area contributed by atoms with Gasteiger partial charge in [-0.25, -0.2) is 9.97 Å². The molecule has 1 amide bonds. The Hall–Kier alpha value is -2.96. The normalized spacial score (nSPS) is 10.6. The van der Waals surface area contributed by atoms with Crippen LogP contribution in [0.25, 0.3) is 10.8 Å². The van der Waals surface area contributed by atoms with Crippen LogP contribution < -0.4 is 11.1 Å². The van der Waals surface area contributed by atoms with Crippen molar-refractivity contribution in [2.24, 2.45) is 0 Å². The molecule has 0 saturated carbocycles. The summed E-state index contributed by atoms with van der Waals surface area (Å²) in [6.07, 6.45) is 2.87. The number of amides is 1. The molecular formula is C13H12N6O. The quantitative estimate of drug-likeness (QED) is 0.652. The first-order chi connectivity index (χ1) is 9.75. The Kier molecular flexibility index (Phi) is 3.00. The lowest BCUT2D eigenvalue weighted by molar-refractivity contribution is 0.0951. The van der Waals surface area contributed by atoms with Crippen molar-refractivity contribution < 1.29 is 4.79 Å². The van der Waals surface area contributed by atoms with Crippen LogP contribution in [0.3, 0.4) is 0 Å². The number of nitrogen functional groups attached to an aromatic ring is 1. The van der Waals surface area contributed by atoms with Crippen LogP contribution in [0.2, 0.25) is 0 Å². The van der Waals surface area contributed by atoms with Crippen molar-refractivity contribution in [3.63, 3.8) is 0 Å². The molecule has 2 heterocycles. The summed E-state index contributed by atoms with van der Waals surface area (Å²) in [5.74, 6) is 0.767. The van der Waals surface area contributed by atoms with Crippen molar-refractivity contribution in [3.05, 3.63) is 48.2 Å². The van der Waals surface area contributed by atoms with E-state index in [1.807, 2.05) is 24.3 Å². The second-order valence-corrected chi connectivity index (χ2v) is 4.22. The van der Waals surface area contributed by atoms with Crippen molar-refractivity contribution in [1.82, 2.24) is 25.5 Å². The van der Waals surface area contributed by atoms with Gasteiger partial charge < -0.3 is 11.1 Å². The molecule has 3 aromatic rings. The zero-order valence-corrected chi connectivity index (χ0v) is 10.5. The molecule has 7 nitrogen and oxygen atoms in total. The molecule has 0 bridgehead atoms. The highest BCUT2D eigenvalue weighted by atomic mass is 16.1. The fourth-order valence-corrected chi connectivity index (χ4v) is 1.97. The molecule has 0 spiro atoms. The average molecular weight is 268 g/mol. The van der Waals surface area contributed by atoms with E-state index >= 15 is 0 Å². The van der Waals surface area contributed by atoms with Crippen LogP contribution in [0.15, 0.2) is 36.8 Å². The van der Waals surface area contributed by atoms with Crippen LogP contribution in [0.1, 0.15) is 16.2 Å². The van der Waals surface area contributed by atoms with E-state index in [2.05, 4.69) is 25.5 Å². The summed E-state index contributed by atoms with van der Waals surface area (Å²) in [5, 5.41) is 10.7. The van der Waals surface area contributed by atoms with E-state index in [4.69, 9.17) is 5.73 Å². The molecule has 2 aromatic heterocycles. The standard InChI is InChI=1S/C13H12N6O/c14-12-9-4-2-1-3-8(9)10(5-15-12)13(20)16-6-11-17-7-18-19-11/h1-5,7H,6H2,(H2,14,15)(H,16,20)(H,17,18,19). The van der Waals surface area contributed by atoms with E-state index < -0.39 is 0 Å². The van der Waals surface area contributed by atoms with Gasteiger partial charge in [0.15, 0.2) is 0 Å². The second-order valence-electron chi connectivity index (χ2n) is 4.22. The van der Waals surface area contributed by atoms with Crippen LogP contribution in [0.5, 0.6) is 0 Å². The summed E-state index contributed by atoms with van der Waals surface area (Å²) in [4.78, 5) is 20.2. The minimum Gasteiger partial charge on any atom is -0.383 e. The summed E-state index contributed by atoms with van der Waals surface area (Å²) in [7, 11) is 0. The van der Waals surface area contributed by atoms with Crippen LogP contribution in [0, 0.1) is 0 Å². The zero-order chi connectivity index (χ0) is 13.9. The molecule has 0 aliphatic carbocycles. The van der Waals surface area contributed by atoms with Gasteiger partial charge in [-0.3, -0.25) is 9.89 Å². The topological polar surface area (TPSA) is 110 Å². The van der Waals surface area contributed by atoms with Gasteiger partial charge >= 0.3 is 0 Å². The number of aromatic nitrogens is 4. The first kappa shape index (κ1) is 12.1. The van der Waals surface area contributed by atoms with Crippen LogP contribution in [0.4, 0.5) is 5.82 Å². The van der Waals surface area contributed by atoms with Gasteiger partial charge in [0.2, 0.25) is 0 Å². The third kappa shape index (κ3) is 2.16. The molecule has 1 aromatic carbocycles. The van der Waals surface area contributed by atoms with Gasteiger partial charge in [-0.2, -0.15) is 5.10 Å². The van der Waals surface area contributed by atoms with Crippen molar-refractivity contribution in [2.45, 2.75) is 6.54 Å². The van der Waals surface area contributed by atoms with E-state index in [1.54, 1.807) is 0 Å². The predicted molar refractivity (Wildman–Crippen MR) is 73.7 cm³/mol. The highest BCUT2D eigenvalue weighted by Gasteiger charge is 2.12. The number of H-pyrrole nitrogens is 1. The summed E-state index contributed by atoms with van der Waals surface area (Å²) in [6.45, 7) is 0.275. The van der Waals surface area contributed by atoms with Crippen molar-refractivity contribution in [2.75, 3.05) is 5.73 Å². The number of nitrogens with zero attached hydrogens (tertiary/aromatic N) is 3. The summed E-state index contributed by atoms with van der Waals surface area (Å²) < 4.78 is 0. The number of nitrogens with two attached hydrogens (primary N) is 1. The maximum absolute atomic E-state index is 12.2. The molecule has 0 aliphatic rings. The van der Waals surface area contributed by atoms with Gasteiger partial charge in [0.05, 0.1) is 12.1 Å². The van der Waals surface area contributed by atoms with Gasteiger partial charge in [0.25, 0.3) is 5.91 Å². The fraction of sp³-hybridized carbons (Fsp3) is 0.0769. The largest absolute Gasteiger partial charge is 0.383 e. The Morgan fingerprint density at radius 1 is 1.25 bits per heavy atom. The first-order valence-electron chi connectivity index (χ1n) is 6.01. The number of pyridine rings is 1. The molecule has 0 fully saturated rings.